The minimum Gasteiger partial charge on any atom is -0.497 e. The molecule has 2 unspecified atom stereocenters. The minimum atomic E-state index is -2.21. The van der Waals surface area contributed by atoms with Crippen LogP contribution in [0.2, 0.25) is 18.6 Å². The van der Waals surface area contributed by atoms with Crippen molar-refractivity contribution in [2.45, 2.75) is 88.8 Å². The Morgan fingerprint density at radius 2 is 1.76 bits per heavy atom. The zero-order valence-corrected chi connectivity index (χ0v) is 31.1. The number of carbonyl (C=O) groups excluding carboxylic acids is 1. The van der Waals surface area contributed by atoms with E-state index in [9.17, 15) is 9.90 Å². The van der Waals surface area contributed by atoms with Gasteiger partial charge < -0.3 is 24.2 Å². The lowest BCUT2D eigenvalue weighted by atomic mass is 9.86. The summed E-state index contributed by atoms with van der Waals surface area (Å²) in [6.45, 7) is 8.44. The van der Waals surface area contributed by atoms with Crippen LogP contribution >= 0.6 is 0 Å². The molecule has 266 valence electrons. The molecule has 3 aromatic carbocycles. The molecule has 0 saturated carbocycles. The van der Waals surface area contributed by atoms with Gasteiger partial charge in [0.05, 0.1) is 39.5 Å². The van der Waals surface area contributed by atoms with Gasteiger partial charge in [-0.25, -0.2) is 0 Å². The molecule has 1 fully saturated rings. The zero-order chi connectivity index (χ0) is 35.3. The molecular weight excluding hydrogens is 645 g/mol. The Labute approximate surface area is 297 Å². The van der Waals surface area contributed by atoms with Crippen LogP contribution in [0.15, 0.2) is 79.0 Å². The SMILES string of the molecule is COc1ccc([Si](C)(C)C(CCn2cc(C(CO)c3ccccc3)nn2)[C@@H]2Oc3ccc(N4CCCCCCC4=O)cc3[C@H](OC)[C@H]2C)cc1. The Morgan fingerprint density at radius 1 is 1.00 bits per heavy atom. The van der Waals surface area contributed by atoms with Gasteiger partial charge in [0, 0.05) is 50.0 Å². The number of aliphatic hydroxyl groups excluding tert-OH is 1. The largest absolute Gasteiger partial charge is 0.497 e. The lowest BCUT2D eigenvalue weighted by molar-refractivity contribution is -0.118. The summed E-state index contributed by atoms with van der Waals surface area (Å²) >= 11 is 0. The third-order valence-corrected chi connectivity index (χ3v) is 15.4. The first kappa shape index (κ1) is 35.8. The molecular formula is C40H52N4O5Si. The molecule has 10 heteroatoms. The summed E-state index contributed by atoms with van der Waals surface area (Å²) in [5, 5.41) is 20.6. The number of carbonyl (C=O) groups is 1. The molecule has 6 rings (SSSR count). The Kier molecular flexibility index (Phi) is 11.4. The van der Waals surface area contributed by atoms with E-state index in [0.717, 1.165) is 72.7 Å². The summed E-state index contributed by atoms with van der Waals surface area (Å²) in [5.41, 5.74) is 3.88. The number of benzene rings is 3. The number of aromatic nitrogens is 3. The Balaban J connectivity index is 1.31. The van der Waals surface area contributed by atoms with E-state index in [1.807, 2.05) is 58.2 Å². The van der Waals surface area contributed by atoms with Crippen LogP contribution in [0.25, 0.3) is 0 Å². The third kappa shape index (κ3) is 7.52. The Bertz CT molecular complexity index is 1710. The van der Waals surface area contributed by atoms with E-state index in [2.05, 4.69) is 60.7 Å². The number of amides is 1. The fraction of sp³-hybridized carbons (Fsp3) is 0.475. The summed E-state index contributed by atoms with van der Waals surface area (Å²) < 4.78 is 20.8. The van der Waals surface area contributed by atoms with E-state index in [1.165, 1.54) is 5.19 Å². The average Bonchev–Trinajstić information content (AvgIpc) is 3.59. The van der Waals surface area contributed by atoms with Crippen LogP contribution in [0, 0.1) is 5.92 Å². The number of aliphatic hydroxyl groups is 1. The van der Waals surface area contributed by atoms with Crippen LogP contribution in [-0.2, 0) is 16.1 Å². The number of hydrogen-bond donors (Lipinski definition) is 1. The van der Waals surface area contributed by atoms with E-state index in [-0.39, 0.29) is 42.1 Å². The molecule has 1 N–H and O–H groups in total. The van der Waals surface area contributed by atoms with Gasteiger partial charge in [0.2, 0.25) is 5.91 Å². The summed E-state index contributed by atoms with van der Waals surface area (Å²) in [6.07, 6.45) is 7.30. The number of hydrogen-bond acceptors (Lipinski definition) is 7. The Morgan fingerprint density at radius 3 is 2.48 bits per heavy atom. The van der Waals surface area contributed by atoms with Gasteiger partial charge in [-0.3, -0.25) is 9.48 Å². The lowest BCUT2D eigenvalue weighted by Gasteiger charge is -2.46. The van der Waals surface area contributed by atoms with Crippen molar-refractivity contribution in [1.29, 1.82) is 0 Å². The van der Waals surface area contributed by atoms with Crippen molar-refractivity contribution in [2.24, 2.45) is 5.92 Å². The maximum absolute atomic E-state index is 13.1. The van der Waals surface area contributed by atoms with Crippen molar-refractivity contribution in [1.82, 2.24) is 15.0 Å². The number of ether oxygens (including phenoxy) is 3. The van der Waals surface area contributed by atoms with Gasteiger partial charge in [-0.05, 0) is 60.7 Å². The van der Waals surface area contributed by atoms with Crippen molar-refractivity contribution in [3.8, 4) is 11.5 Å². The average molecular weight is 697 g/mol. The first-order valence-corrected chi connectivity index (χ1v) is 21.2. The van der Waals surface area contributed by atoms with Crippen LogP contribution in [0.4, 0.5) is 5.69 Å². The quantitative estimate of drug-likeness (QED) is 0.162. The molecule has 0 aliphatic carbocycles. The molecule has 9 nitrogen and oxygen atoms in total. The molecule has 2 aliphatic heterocycles. The molecule has 1 saturated heterocycles. The van der Waals surface area contributed by atoms with Crippen LogP contribution in [-0.4, -0.2) is 67.6 Å². The predicted molar refractivity (Wildman–Crippen MR) is 199 cm³/mol. The monoisotopic (exact) mass is 696 g/mol. The van der Waals surface area contributed by atoms with Crippen molar-refractivity contribution >= 4 is 24.9 Å². The predicted octanol–water partition coefficient (Wildman–Crippen LogP) is 6.87. The number of aryl methyl sites for hydroxylation is 1. The molecule has 2 aliphatic rings. The first-order valence-electron chi connectivity index (χ1n) is 18.1. The highest BCUT2D eigenvalue weighted by molar-refractivity contribution is 6.91. The van der Waals surface area contributed by atoms with Gasteiger partial charge in [0.15, 0.2) is 0 Å². The number of fused-ring (bicyclic) bond motifs is 1. The van der Waals surface area contributed by atoms with Crippen molar-refractivity contribution < 1.29 is 24.1 Å². The third-order valence-electron chi connectivity index (χ3n) is 11.1. The number of rotatable bonds is 12. The maximum Gasteiger partial charge on any atom is 0.226 e. The van der Waals surface area contributed by atoms with Gasteiger partial charge in [-0.1, -0.05) is 85.7 Å². The molecule has 1 amide bonds. The molecule has 4 aromatic rings. The zero-order valence-electron chi connectivity index (χ0n) is 30.1. The summed E-state index contributed by atoms with van der Waals surface area (Å²) in [7, 11) is 1.26. The van der Waals surface area contributed by atoms with Gasteiger partial charge in [-0.15, -0.1) is 5.10 Å². The number of anilines is 1. The molecule has 5 atom stereocenters. The Hall–Kier alpha value is -3.99. The first-order chi connectivity index (χ1) is 24.2. The molecule has 0 bridgehead atoms. The van der Waals surface area contributed by atoms with Crippen LogP contribution < -0.4 is 19.6 Å². The van der Waals surface area contributed by atoms with E-state index < -0.39 is 8.07 Å². The highest BCUT2D eigenvalue weighted by Gasteiger charge is 2.47. The molecule has 0 radical (unpaired) electrons. The summed E-state index contributed by atoms with van der Waals surface area (Å²) in [6, 6.07) is 24.7. The van der Waals surface area contributed by atoms with Gasteiger partial charge in [0.25, 0.3) is 0 Å². The number of methoxy groups -OCH3 is 2. The van der Waals surface area contributed by atoms with E-state index in [0.29, 0.717) is 13.0 Å². The molecule has 50 heavy (non-hydrogen) atoms. The van der Waals surface area contributed by atoms with Gasteiger partial charge in [0.1, 0.15) is 17.6 Å². The molecule has 0 spiro atoms. The lowest BCUT2D eigenvalue weighted by Crippen LogP contribution is -2.54. The van der Waals surface area contributed by atoms with Crippen LogP contribution in [0.1, 0.15) is 74.3 Å². The van der Waals surface area contributed by atoms with Crippen molar-refractivity contribution in [3.05, 3.63) is 95.8 Å². The second-order valence-electron chi connectivity index (χ2n) is 14.4. The van der Waals surface area contributed by atoms with Gasteiger partial charge in [-0.2, -0.15) is 0 Å². The minimum absolute atomic E-state index is 0.0401. The topological polar surface area (TPSA) is 98.9 Å². The highest BCUT2D eigenvalue weighted by Crippen LogP contribution is 2.48. The van der Waals surface area contributed by atoms with Crippen LogP contribution in [0.3, 0.4) is 0 Å². The summed E-state index contributed by atoms with van der Waals surface area (Å²) in [4.78, 5) is 15.1. The number of nitrogens with zero attached hydrogens (tertiary/aromatic N) is 4. The van der Waals surface area contributed by atoms with Crippen molar-refractivity contribution in [2.75, 3.05) is 32.3 Å². The van der Waals surface area contributed by atoms with Gasteiger partial charge >= 0.3 is 0 Å². The normalized spacial score (nSPS) is 21.0. The van der Waals surface area contributed by atoms with Crippen molar-refractivity contribution in [3.63, 3.8) is 0 Å². The fourth-order valence-corrected chi connectivity index (χ4v) is 11.5. The van der Waals surface area contributed by atoms with Crippen LogP contribution in [0.5, 0.6) is 11.5 Å². The van der Waals surface area contributed by atoms with E-state index >= 15 is 0 Å². The molecule has 3 heterocycles. The summed E-state index contributed by atoms with van der Waals surface area (Å²) in [5.74, 6) is 1.67. The van der Waals surface area contributed by atoms with E-state index in [4.69, 9.17) is 14.2 Å². The van der Waals surface area contributed by atoms with E-state index in [1.54, 1.807) is 14.2 Å². The second kappa shape index (κ2) is 15.9. The standard InChI is InChI=1S/C40H52N4O5Si/c1-28-39(48-3)33-25-30(44-23-12-7-6-11-15-38(44)46)16-21-36(33)49-40(28)37(50(4,5)32-19-17-31(47-2)18-20-32)22-24-43-26-35(41-42-43)34(27-45)29-13-9-8-10-14-29/h8-10,13-14,16-21,25-26,28,34,37,39-40,45H,6-7,11-12,15,22-24,27H2,1-5H3/t28-,34?,37?,39-,40-/m1/s1. The smallest absolute Gasteiger partial charge is 0.226 e. The molecule has 1 aromatic heterocycles. The highest BCUT2D eigenvalue weighted by atomic mass is 28.3. The second-order valence-corrected chi connectivity index (χ2v) is 19.2. The fourth-order valence-electron chi connectivity index (χ4n) is 8.04. The maximum atomic E-state index is 13.1.